The second-order valence-corrected chi connectivity index (χ2v) is 7.19. The van der Waals surface area contributed by atoms with Gasteiger partial charge < -0.3 is 14.8 Å². The van der Waals surface area contributed by atoms with Crippen LogP contribution in [0.15, 0.2) is 42.5 Å². The van der Waals surface area contributed by atoms with E-state index in [1.54, 1.807) is 12.1 Å². The smallest absolute Gasteiger partial charge is 0.416 e. The fraction of sp³-hybridized carbons (Fsp3) is 0.350. The van der Waals surface area contributed by atoms with E-state index in [0.717, 1.165) is 6.07 Å². The maximum atomic E-state index is 12.9. The van der Waals surface area contributed by atoms with Crippen LogP contribution in [0.2, 0.25) is 0 Å². The molecule has 0 unspecified atom stereocenters. The number of urea groups is 1. The van der Waals surface area contributed by atoms with Crippen LogP contribution in [0, 0.1) is 0 Å². The summed E-state index contributed by atoms with van der Waals surface area (Å²) in [6.07, 6.45) is -4.36. The SMILES string of the molecule is O=C1NOc2ccc(O)cc2N1CCN1CCN(c2cccc(C(F)(F)F)c2)CC1. The number of benzene rings is 2. The lowest BCUT2D eigenvalue weighted by Crippen LogP contribution is -2.51. The first-order chi connectivity index (χ1) is 14.3. The normalized spacial score (nSPS) is 17.4. The highest BCUT2D eigenvalue weighted by Gasteiger charge is 2.31. The lowest BCUT2D eigenvalue weighted by Gasteiger charge is -2.37. The summed E-state index contributed by atoms with van der Waals surface area (Å²) in [5.41, 5.74) is 2.72. The number of rotatable bonds is 4. The van der Waals surface area contributed by atoms with Crippen molar-refractivity contribution < 1.29 is 27.9 Å². The molecule has 2 amide bonds. The molecule has 2 aromatic rings. The van der Waals surface area contributed by atoms with Crippen LogP contribution in [-0.2, 0) is 6.18 Å². The number of carbonyl (C=O) groups excluding carboxylic acids is 1. The molecule has 0 atom stereocenters. The Labute approximate surface area is 171 Å². The fourth-order valence-electron chi connectivity index (χ4n) is 3.64. The van der Waals surface area contributed by atoms with Crippen molar-refractivity contribution in [2.75, 3.05) is 49.1 Å². The van der Waals surface area contributed by atoms with Gasteiger partial charge in [-0.1, -0.05) is 6.07 Å². The van der Waals surface area contributed by atoms with Gasteiger partial charge in [0, 0.05) is 51.0 Å². The number of halogens is 3. The number of anilines is 2. The molecule has 1 fully saturated rings. The molecule has 0 bridgehead atoms. The van der Waals surface area contributed by atoms with Crippen molar-refractivity contribution in [2.45, 2.75) is 6.18 Å². The van der Waals surface area contributed by atoms with Crippen LogP contribution < -0.4 is 20.1 Å². The molecule has 0 aliphatic carbocycles. The summed E-state index contributed by atoms with van der Waals surface area (Å²) in [4.78, 5) is 22.9. The Kier molecular flexibility index (Phi) is 5.33. The molecule has 4 rings (SSSR count). The summed E-state index contributed by atoms with van der Waals surface area (Å²) in [6.45, 7) is 3.47. The Morgan fingerprint density at radius 2 is 1.80 bits per heavy atom. The number of hydrogen-bond acceptors (Lipinski definition) is 5. The number of aromatic hydroxyl groups is 1. The number of piperazine rings is 1. The van der Waals surface area contributed by atoms with E-state index < -0.39 is 17.8 Å². The Bertz CT molecular complexity index is 930. The predicted molar refractivity (Wildman–Crippen MR) is 105 cm³/mol. The van der Waals surface area contributed by atoms with E-state index in [-0.39, 0.29) is 5.75 Å². The van der Waals surface area contributed by atoms with E-state index in [4.69, 9.17) is 4.84 Å². The number of nitrogens with one attached hydrogen (secondary N) is 1. The number of amides is 2. The van der Waals surface area contributed by atoms with Gasteiger partial charge in [-0.3, -0.25) is 9.80 Å². The van der Waals surface area contributed by atoms with Gasteiger partial charge in [-0.25, -0.2) is 4.79 Å². The summed E-state index contributed by atoms with van der Waals surface area (Å²) in [6, 6.07) is 9.46. The molecule has 0 spiro atoms. The lowest BCUT2D eigenvalue weighted by molar-refractivity contribution is -0.137. The molecule has 0 aromatic heterocycles. The Morgan fingerprint density at radius 3 is 2.53 bits per heavy atom. The highest BCUT2D eigenvalue weighted by atomic mass is 19.4. The van der Waals surface area contributed by atoms with Gasteiger partial charge in [-0.2, -0.15) is 18.7 Å². The lowest BCUT2D eigenvalue weighted by atomic mass is 10.1. The van der Waals surface area contributed by atoms with Gasteiger partial charge in [-0.15, -0.1) is 0 Å². The number of hydroxylamine groups is 1. The first kappa shape index (κ1) is 20.1. The first-order valence-corrected chi connectivity index (χ1v) is 9.53. The molecule has 2 heterocycles. The van der Waals surface area contributed by atoms with E-state index in [0.29, 0.717) is 56.4 Å². The highest BCUT2D eigenvalue weighted by molar-refractivity contribution is 5.95. The van der Waals surface area contributed by atoms with E-state index >= 15 is 0 Å². The molecule has 1 saturated heterocycles. The Morgan fingerprint density at radius 1 is 1.03 bits per heavy atom. The minimum Gasteiger partial charge on any atom is -0.508 e. The zero-order valence-electron chi connectivity index (χ0n) is 16.0. The largest absolute Gasteiger partial charge is 0.508 e. The molecule has 2 aliphatic heterocycles. The van der Waals surface area contributed by atoms with Crippen LogP contribution in [0.3, 0.4) is 0 Å². The molecule has 2 aromatic carbocycles. The topological polar surface area (TPSA) is 68.3 Å². The molecule has 0 saturated carbocycles. The number of alkyl halides is 3. The van der Waals surface area contributed by atoms with Gasteiger partial charge in [0.05, 0.1) is 11.3 Å². The van der Waals surface area contributed by atoms with E-state index in [9.17, 15) is 23.1 Å². The van der Waals surface area contributed by atoms with Crippen molar-refractivity contribution in [3.63, 3.8) is 0 Å². The van der Waals surface area contributed by atoms with Gasteiger partial charge >= 0.3 is 12.2 Å². The average molecular weight is 422 g/mol. The third-order valence-corrected chi connectivity index (χ3v) is 5.28. The van der Waals surface area contributed by atoms with Crippen LogP contribution >= 0.6 is 0 Å². The second kappa shape index (κ2) is 7.94. The number of phenolic OH excluding ortho intramolecular Hbond substituents is 1. The standard InChI is InChI=1S/C20H21F3N4O3/c21-20(22,23)14-2-1-3-15(12-14)26-9-6-25(7-10-26)8-11-27-17-13-16(28)4-5-18(17)30-24-19(27)29/h1-5,12-13,28H,6-11H2,(H,24,29). The fourth-order valence-corrected chi connectivity index (χ4v) is 3.64. The first-order valence-electron chi connectivity index (χ1n) is 9.53. The summed E-state index contributed by atoms with van der Waals surface area (Å²) in [5, 5.41) is 9.72. The van der Waals surface area contributed by atoms with Crippen LogP contribution in [0.5, 0.6) is 11.5 Å². The number of carbonyl (C=O) groups is 1. The Hall–Kier alpha value is -3.14. The molecule has 7 nitrogen and oxygen atoms in total. The zero-order valence-corrected chi connectivity index (χ0v) is 16.0. The van der Waals surface area contributed by atoms with E-state index in [1.807, 2.05) is 4.90 Å². The number of fused-ring (bicyclic) bond motifs is 1. The van der Waals surface area contributed by atoms with Crippen molar-refractivity contribution in [3.05, 3.63) is 48.0 Å². The van der Waals surface area contributed by atoms with E-state index in [1.165, 1.54) is 29.2 Å². The number of hydrogen-bond donors (Lipinski definition) is 2. The van der Waals surface area contributed by atoms with Gasteiger partial charge in [0.2, 0.25) is 0 Å². The van der Waals surface area contributed by atoms with Crippen LogP contribution in [0.25, 0.3) is 0 Å². The third kappa shape index (κ3) is 4.23. The molecule has 2 N–H and O–H groups in total. The number of nitrogens with zero attached hydrogens (tertiary/aromatic N) is 3. The van der Waals surface area contributed by atoms with Crippen molar-refractivity contribution in [1.29, 1.82) is 0 Å². The second-order valence-electron chi connectivity index (χ2n) is 7.19. The van der Waals surface area contributed by atoms with Crippen molar-refractivity contribution in [2.24, 2.45) is 0 Å². The van der Waals surface area contributed by atoms with Crippen molar-refractivity contribution in [1.82, 2.24) is 10.4 Å². The van der Waals surface area contributed by atoms with Crippen LogP contribution in [0.1, 0.15) is 5.56 Å². The van der Waals surface area contributed by atoms with Gasteiger partial charge in [0.25, 0.3) is 0 Å². The molecule has 30 heavy (non-hydrogen) atoms. The molecule has 2 aliphatic rings. The molecular weight excluding hydrogens is 401 g/mol. The maximum absolute atomic E-state index is 12.9. The highest BCUT2D eigenvalue weighted by Crippen LogP contribution is 2.34. The monoisotopic (exact) mass is 422 g/mol. The minimum absolute atomic E-state index is 0.0340. The number of phenols is 1. The quantitative estimate of drug-likeness (QED) is 0.793. The maximum Gasteiger partial charge on any atom is 0.416 e. The minimum atomic E-state index is -4.36. The average Bonchev–Trinajstić information content (AvgIpc) is 2.73. The summed E-state index contributed by atoms with van der Waals surface area (Å²) in [7, 11) is 0. The van der Waals surface area contributed by atoms with Gasteiger partial charge in [-0.05, 0) is 30.3 Å². The zero-order chi connectivity index (χ0) is 21.3. The molecule has 0 radical (unpaired) electrons. The van der Waals surface area contributed by atoms with E-state index in [2.05, 4.69) is 10.4 Å². The van der Waals surface area contributed by atoms with Crippen molar-refractivity contribution in [3.8, 4) is 11.5 Å². The molecule has 160 valence electrons. The molecule has 10 heteroatoms. The van der Waals surface area contributed by atoms with Gasteiger partial charge in [0.1, 0.15) is 5.75 Å². The van der Waals surface area contributed by atoms with Crippen LogP contribution in [0.4, 0.5) is 29.3 Å². The summed E-state index contributed by atoms with van der Waals surface area (Å²) >= 11 is 0. The van der Waals surface area contributed by atoms with Crippen molar-refractivity contribution >= 4 is 17.4 Å². The summed E-state index contributed by atoms with van der Waals surface area (Å²) < 4.78 is 38.8. The van der Waals surface area contributed by atoms with Crippen LogP contribution in [-0.4, -0.2) is 55.3 Å². The summed E-state index contributed by atoms with van der Waals surface area (Å²) in [5.74, 6) is 0.480. The third-order valence-electron chi connectivity index (χ3n) is 5.28. The molecular formula is C20H21F3N4O3. The van der Waals surface area contributed by atoms with Gasteiger partial charge in [0.15, 0.2) is 5.75 Å². The predicted octanol–water partition coefficient (Wildman–Crippen LogP) is 3.06. The Balaban J connectivity index is 1.35.